The predicted octanol–water partition coefficient (Wildman–Crippen LogP) is 2.02. The highest BCUT2D eigenvalue weighted by Crippen LogP contribution is 2.43. The molecule has 1 saturated carbocycles. The standard InChI is InChI=1S/C18H24N4O/c23-17(21-11-16-10-13-4-5-14(16)9-13)15-3-1-8-22(12-15)18-19-6-2-7-20-18/h2,4-7,13-16H,1,3,8-12H2,(H,21,23)/t13-,14+,15?,16?/m0/s1. The molecule has 2 fully saturated rings. The third-order valence-electron chi connectivity index (χ3n) is 5.58. The van der Waals surface area contributed by atoms with E-state index in [1.54, 1.807) is 12.4 Å². The Morgan fingerprint density at radius 2 is 2.13 bits per heavy atom. The van der Waals surface area contributed by atoms with Crippen LogP contribution in [0.3, 0.4) is 0 Å². The van der Waals surface area contributed by atoms with E-state index >= 15 is 0 Å². The molecule has 2 aliphatic carbocycles. The number of piperidine rings is 1. The van der Waals surface area contributed by atoms with Gasteiger partial charge in [-0.3, -0.25) is 4.79 Å². The van der Waals surface area contributed by atoms with E-state index in [0.29, 0.717) is 11.8 Å². The quantitative estimate of drug-likeness (QED) is 0.864. The fourth-order valence-electron chi connectivity index (χ4n) is 4.33. The van der Waals surface area contributed by atoms with Gasteiger partial charge in [0.25, 0.3) is 0 Å². The van der Waals surface area contributed by atoms with Gasteiger partial charge in [-0.15, -0.1) is 0 Å². The zero-order chi connectivity index (χ0) is 15.6. The van der Waals surface area contributed by atoms with E-state index in [4.69, 9.17) is 0 Å². The Morgan fingerprint density at radius 3 is 2.87 bits per heavy atom. The van der Waals surface area contributed by atoms with Crippen molar-refractivity contribution in [3.63, 3.8) is 0 Å². The number of fused-ring (bicyclic) bond motifs is 2. The molecule has 2 bridgehead atoms. The summed E-state index contributed by atoms with van der Waals surface area (Å²) < 4.78 is 0. The third kappa shape index (κ3) is 3.09. The molecule has 2 heterocycles. The van der Waals surface area contributed by atoms with Crippen molar-refractivity contribution in [3.8, 4) is 0 Å². The molecule has 0 radical (unpaired) electrons. The molecule has 0 spiro atoms. The Kier molecular flexibility index (Phi) is 4.02. The Balaban J connectivity index is 1.30. The molecule has 5 heteroatoms. The van der Waals surface area contributed by atoms with Crippen LogP contribution < -0.4 is 10.2 Å². The Bertz CT molecular complexity index is 588. The van der Waals surface area contributed by atoms with Gasteiger partial charge in [-0.2, -0.15) is 0 Å². The number of allylic oxidation sites excluding steroid dienone is 2. The van der Waals surface area contributed by atoms with Crippen LogP contribution in [0.5, 0.6) is 0 Å². The van der Waals surface area contributed by atoms with Crippen molar-refractivity contribution in [2.24, 2.45) is 23.7 Å². The zero-order valence-electron chi connectivity index (χ0n) is 13.4. The van der Waals surface area contributed by atoms with E-state index in [-0.39, 0.29) is 11.8 Å². The molecule has 4 rings (SSSR count). The van der Waals surface area contributed by atoms with Crippen LogP contribution in [-0.4, -0.2) is 35.5 Å². The maximum atomic E-state index is 12.5. The molecule has 2 unspecified atom stereocenters. The number of rotatable bonds is 4. The molecule has 4 atom stereocenters. The average Bonchev–Trinajstić information content (AvgIpc) is 3.23. The number of hydrogen-bond donors (Lipinski definition) is 1. The average molecular weight is 312 g/mol. The molecule has 122 valence electrons. The molecule has 1 aromatic heterocycles. The molecule has 0 aromatic carbocycles. The number of hydrogen-bond acceptors (Lipinski definition) is 4. The van der Waals surface area contributed by atoms with E-state index in [0.717, 1.165) is 44.3 Å². The van der Waals surface area contributed by atoms with Crippen molar-refractivity contribution in [2.45, 2.75) is 25.7 Å². The highest BCUT2D eigenvalue weighted by molar-refractivity contribution is 5.79. The van der Waals surface area contributed by atoms with Gasteiger partial charge in [0.15, 0.2) is 0 Å². The lowest BCUT2D eigenvalue weighted by Crippen LogP contribution is -2.44. The second-order valence-electron chi connectivity index (χ2n) is 7.12. The van der Waals surface area contributed by atoms with Gasteiger partial charge >= 0.3 is 0 Å². The molecule has 3 aliphatic rings. The second kappa shape index (κ2) is 6.30. The summed E-state index contributed by atoms with van der Waals surface area (Å²) in [5.74, 6) is 3.11. The van der Waals surface area contributed by atoms with Crippen LogP contribution in [0.1, 0.15) is 25.7 Å². The fraction of sp³-hybridized carbons (Fsp3) is 0.611. The van der Waals surface area contributed by atoms with Gasteiger partial charge in [0.2, 0.25) is 11.9 Å². The van der Waals surface area contributed by atoms with Crippen molar-refractivity contribution in [2.75, 3.05) is 24.5 Å². The van der Waals surface area contributed by atoms with Gasteiger partial charge in [0.1, 0.15) is 0 Å². The summed E-state index contributed by atoms with van der Waals surface area (Å²) in [5, 5.41) is 3.21. The van der Waals surface area contributed by atoms with Gasteiger partial charge in [-0.05, 0) is 49.5 Å². The zero-order valence-corrected chi connectivity index (χ0v) is 13.4. The van der Waals surface area contributed by atoms with Crippen LogP contribution >= 0.6 is 0 Å². The summed E-state index contributed by atoms with van der Waals surface area (Å²) in [5.41, 5.74) is 0. The molecule has 1 saturated heterocycles. The minimum atomic E-state index is 0.0571. The third-order valence-corrected chi connectivity index (χ3v) is 5.58. The maximum absolute atomic E-state index is 12.5. The number of carbonyl (C=O) groups is 1. The second-order valence-corrected chi connectivity index (χ2v) is 7.12. The SMILES string of the molecule is O=C(NCC1C[C@H]2C=C[C@@H]1C2)C1CCCN(c2ncccn2)C1. The molecule has 1 aromatic rings. The minimum absolute atomic E-state index is 0.0571. The smallest absolute Gasteiger partial charge is 0.225 e. The van der Waals surface area contributed by atoms with E-state index < -0.39 is 0 Å². The first-order chi connectivity index (χ1) is 11.3. The molecule has 23 heavy (non-hydrogen) atoms. The van der Waals surface area contributed by atoms with E-state index in [2.05, 4.69) is 32.3 Å². The molecule has 1 N–H and O–H groups in total. The van der Waals surface area contributed by atoms with Crippen LogP contribution in [0, 0.1) is 23.7 Å². The van der Waals surface area contributed by atoms with E-state index in [1.165, 1.54) is 12.8 Å². The molecular weight excluding hydrogens is 288 g/mol. The normalized spacial score (nSPS) is 32.3. The van der Waals surface area contributed by atoms with Crippen molar-refractivity contribution < 1.29 is 4.79 Å². The summed E-state index contributed by atoms with van der Waals surface area (Å²) >= 11 is 0. The number of anilines is 1. The van der Waals surface area contributed by atoms with Crippen LogP contribution in [0.25, 0.3) is 0 Å². The Morgan fingerprint density at radius 1 is 1.26 bits per heavy atom. The highest BCUT2D eigenvalue weighted by Gasteiger charge is 2.36. The number of carbonyl (C=O) groups excluding carboxylic acids is 1. The summed E-state index contributed by atoms with van der Waals surface area (Å²) in [6.07, 6.45) is 12.7. The van der Waals surface area contributed by atoms with Gasteiger partial charge in [0.05, 0.1) is 5.92 Å². The van der Waals surface area contributed by atoms with Crippen LogP contribution in [-0.2, 0) is 4.79 Å². The van der Waals surface area contributed by atoms with Crippen LogP contribution in [0.15, 0.2) is 30.6 Å². The molecule has 5 nitrogen and oxygen atoms in total. The molecule has 1 amide bonds. The summed E-state index contributed by atoms with van der Waals surface area (Å²) in [4.78, 5) is 23.3. The first kappa shape index (κ1) is 14.7. The number of nitrogens with one attached hydrogen (secondary N) is 1. The van der Waals surface area contributed by atoms with Crippen LogP contribution in [0.2, 0.25) is 0 Å². The maximum Gasteiger partial charge on any atom is 0.225 e. The lowest BCUT2D eigenvalue weighted by atomic mass is 9.92. The van der Waals surface area contributed by atoms with E-state index in [9.17, 15) is 4.79 Å². The largest absolute Gasteiger partial charge is 0.356 e. The number of amides is 1. The first-order valence-electron chi connectivity index (χ1n) is 8.77. The van der Waals surface area contributed by atoms with E-state index in [1.807, 2.05) is 6.07 Å². The van der Waals surface area contributed by atoms with Crippen molar-refractivity contribution >= 4 is 11.9 Å². The van der Waals surface area contributed by atoms with Crippen LogP contribution in [0.4, 0.5) is 5.95 Å². The Labute approximate surface area is 137 Å². The fourth-order valence-corrected chi connectivity index (χ4v) is 4.33. The Hall–Kier alpha value is -1.91. The van der Waals surface area contributed by atoms with Gasteiger partial charge in [-0.25, -0.2) is 9.97 Å². The lowest BCUT2D eigenvalue weighted by molar-refractivity contribution is -0.125. The van der Waals surface area contributed by atoms with Gasteiger partial charge < -0.3 is 10.2 Å². The van der Waals surface area contributed by atoms with Gasteiger partial charge in [0, 0.05) is 32.0 Å². The lowest BCUT2D eigenvalue weighted by Gasteiger charge is -2.32. The summed E-state index contributed by atoms with van der Waals surface area (Å²) in [7, 11) is 0. The first-order valence-corrected chi connectivity index (χ1v) is 8.77. The summed E-state index contributed by atoms with van der Waals surface area (Å²) in [6, 6.07) is 1.82. The monoisotopic (exact) mass is 312 g/mol. The highest BCUT2D eigenvalue weighted by atomic mass is 16.1. The molecular formula is C18H24N4O. The topological polar surface area (TPSA) is 58.1 Å². The van der Waals surface area contributed by atoms with Crippen molar-refractivity contribution in [1.82, 2.24) is 15.3 Å². The van der Waals surface area contributed by atoms with Gasteiger partial charge in [-0.1, -0.05) is 12.2 Å². The summed E-state index contributed by atoms with van der Waals surface area (Å²) in [6.45, 7) is 2.50. The van der Waals surface area contributed by atoms with Crippen molar-refractivity contribution in [1.29, 1.82) is 0 Å². The minimum Gasteiger partial charge on any atom is -0.356 e. The van der Waals surface area contributed by atoms with Crippen molar-refractivity contribution in [3.05, 3.63) is 30.6 Å². The predicted molar refractivity (Wildman–Crippen MR) is 88.8 cm³/mol. The number of aromatic nitrogens is 2. The molecule has 1 aliphatic heterocycles. The number of nitrogens with zero attached hydrogens (tertiary/aromatic N) is 3.